The number of rotatable bonds is 13. The van der Waals surface area contributed by atoms with E-state index in [0.717, 1.165) is 30.5 Å². The number of anilines is 1. The molecule has 1 heterocycles. The summed E-state index contributed by atoms with van der Waals surface area (Å²) in [6.07, 6.45) is 4.64. The zero-order valence-electron chi connectivity index (χ0n) is 23.3. The average Bonchev–Trinajstić information content (AvgIpc) is 3.62. The van der Waals surface area contributed by atoms with Crippen LogP contribution in [0.3, 0.4) is 0 Å². The molecule has 42 heavy (non-hydrogen) atoms. The number of hydrogen-bond donors (Lipinski definition) is 4. The van der Waals surface area contributed by atoms with Crippen LogP contribution in [0, 0.1) is 5.92 Å². The van der Waals surface area contributed by atoms with Crippen LogP contribution in [0.2, 0.25) is 0 Å². The van der Waals surface area contributed by atoms with Crippen LogP contribution in [0.5, 0.6) is 0 Å². The summed E-state index contributed by atoms with van der Waals surface area (Å²) in [7, 11) is 0. The van der Waals surface area contributed by atoms with E-state index in [0.29, 0.717) is 18.7 Å². The maximum Gasteiger partial charge on any atom is 0.244 e. The molecule has 1 aliphatic carbocycles. The van der Waals surface area contributed by atoms with Crippen molar-refractivity contribution in [3.8, 4) is 11.1 Å². The largest absolute Gasteiger partial charge is 0.350 e. The van der Waals surface area contributed by atoms with Gasteiger partial charge in [-0.2, -0.15) is 0 Å². The van der Waals surface area contributed by atoms with E-state index in [1.807, 2.05) is 54.6 Å². The number of nitrogens with one attached hydrogen (secondary N) is 3. The van der Waals surface area contributed by atoms with E-state index in [9.17, 15) is 14.4 Å². The predicted molar refractivity (Wildman–Crippen MR) is 157 cm³/mol. The van der Waals surface area contributed by atoms with Crippen molar-refractivity contribution >= 4 is 23.4 Å². The number of carbonyl (C=O) groups is 3. The Morgan fingerprint density at radius 1 is 0.929 bits per heavy atom. The van der Waals surface area contributed by atoms with Crippen LogP contribution in [0.4, 0.5) is 5.69 Å². The van der Waals surface area contributed by atoms with Crippen molar-refractivity contribution in [3.05, 3.63) is 101 Å². The van der Waals surface area contributed by atoms with E-state index in [4.69, 9.17) is 5.21 Å². The lowest BCUT2D eigenvalue weighted by molar-refractivity contribution is -0.135. The molecule has 0 spiro atoms. The van der Waals surface area contributed by atoms with Crippen LogP contribution in [0.15, 0.2) is 79.0 Å². The summed E-state index contributed by atoms with van der Waals surface area (Å²) in [6, 6.07) is 24.3. The minimum Gasteiger partial charge on any atom is -0.350 e. The molecular formula is C32H34N6O4. The molecule has 0 aliphatic heterocycles. The highest BCUT2D eigenvalue weighted by Gasteiger charge is 2.22. The molecule has 4 aromatic rings. The van der Waals surface area contributed by atoms with E-state index in [1.54, 1.807) is 16.4 Å². The molecule has 1 unspecified atom stereocenters. The molecule has 0 radical (unpaired) electrons. The average molecular weight is 567 g/mol. The lowest BCUT2D eigenvalue weighted by atomic mass is 9.95. The Balaban J connectivity index is 1.07. The van der Waals surface area contributed by atoms with Gasteiger partial charge >= 0.3 is 0 Å². The smallest absolute Gasteiger partial charge is 0.244 e. The van der Waals surface area contributed by atoms with Crippen LogP contribution in [-0.4, -0.2) is 37.9 Å². The maximum absolute atomic E-state index is 12.9. The predicted octanol–water partition coefficient (Wildman–Crippen LogP) is 4.03. The first-order valence-electron chi connectivity index (χ1n) is 14.1. The van der Waals surface area contributed by atoms with Gasteiger partial charge in [-0.05, 0) is 65.6 Å². The van der Waals surface area contributed by atoms with Gasteiger partial charge in [-0.3, -0.25) is 24.3 Å². The minimum atomic E-state index is -0.607. The highest BCUT2D eigenvalue weighted by Crippen LogP contribution is 2.37. The van der Waals surface area contributed by atoms with Crippen molar-refractivity contribution in [3.63, 3.8) is 0 Å². The van der Waals surface area contributed by atoms with E-state index < -0.39 is 11.8 Å². The quantitative estimate of drug-likeness (QED) is 0.125. The minimum absolute atomic E-state index is 0.115. The topological polar surface area (TPSA) is 138 Å². The zero-order valence-corrected chi connectivity index (χ0v) is 23.3. The molecule has 0 saturated heterocycles. The Morgan fingerprint density at radius 3 is 2.55 bits per heavy atom. The number of hydroxylamine groups is 1. The number of nitrogens with zero attached hydrogens (tertiary/aromatic N) is 3. The molecule has 3 amide bonds. The Kier molecular flexibility index (Phi) is 9.35. The standard InChI is InChI=1S/C32H34N6O4/c39-30(34-26-13-14-29-25(18-26)17-23-10-4-5-12-28(23)29)15-16-38-21-27(35-37-38)20-33-32(41)24(19-31(40)36-42)11-6-9-22-7-2-1-3-8-22/h1-5,7-8,10,12-14,18,21,24,42H,6,9,11,15-17,19-20H2,(H,33,41)(H,34,39)(H,36,40). The molecule has 3 aromatic carbocycles. The number of benzene rings is 3. The summed E-state index contributed by atoms with van der Waals surface area (Å²) in [6.45, 7) is 0.473. The fourth-order valence-corrected chi connectivity index (χ4v) is 5.31. The fraction of sp³-hybridized carbons (Fsp3) is 0.281. The first-order chi connectivity index (χ1) is 20.5. The van der Waals surface area contributed by atoms with Crippen molar-refractivity contribution < 1.29 is 19.6 Å². The van der Waals surface area contributed by atoms with E-state index in [2.05, 4.69) is 39.1 Å². The molecule has 1 aliphatic rings. The third-order valence-corrected chi connectivity index (χ3v) is 7.46. The highest BCUT2D eigenvalue weighted by molar-refractivity contribution is 5.91. The molecule has 0 saturated carbocycles. The van der Waals surface area contributed by atoms with Crippen LogP contribution >= 0.6 is 0 Å². The lowest BCUT2D eigenvalue weighted by Crippen LogP contribution is -2.34. The number of fused-ring (bicyclic) bond motifs is 3. The molecule has 1 aromatic heterocycles. The van der Waals surface area contributed by atoms with Gasteiger partial charge in [-0.1, -0.05) is 65.9 Å². The van der Waals surface area contributed by atoms with Gasteiger partial charge < -0.3 is 10.6 Å². The number of carbonyl (C=O) groups excluding carboxylic acids is 3. The van der Waals surface area contributed by atoms with Gasteiger partial charge in [0.2, 0.25) is 17.7 Å². The number of amides is 3. The van der Waals surface area contributed by atoms with Crippen molar-refractivity contribution in [1.29, 1.82) is 0 Å². The molecule has 0 bridgehead atoms. The Bertz CT molecular complexity index is 1550. The molecule has 1 atom stereocenters. The normalized spacial score (nSPS) is 12.2. The van der Waals surface area contributed by atoms with Crippen molar-refractivity contribution in [2.45, 2.75) is 51.6 Å². The van der Waals surface area contributed by atoms with E-state index in [-0.39, 0.29) is 31.2 Å². The van der Waals surface area contributed by atoms with Gasteiger partial charge in [0.15, 0.2) is 0 Å². The molecule has 0 fully saturated rings. The van der Waals surface area contributed by atoms with Crippen LogP contribution in [0.1, 0.15) is 48.1 Å². The SMILES string of the molecule is O=C(CC(CCCc1ccccc1)C(=O)NCc1cn(CCC(=O)Nc2ccc3c(c2)Cc2ccccc2-3)nn1)NO. The second-order valence-corrected chi connectivity index (χ2v) is 10.5. The van der Waals surface area contributed by atoms with Gasteiger partial charge in [-0.15, -0.1) is 5.10 Å². The van der Waals surface area contributed by atoms with Crippen LogP contribution < -0.4 is 16.1 Å². The van der Waals surface area contributed by atoms with E-state index >= 15 is 0 Å². The van der Waals surface area contributed by atoms with Gasteiger partial charge in [0.25, 0.3) is 0 Å². The third kappa shape index (κ3) is 7.46. The molecule has 10 nitrogen and oxygen atoms in total. The Labute approximate surface area is 244 Å². The molecule has 4 N–H and O–H groups in total. The van der Waals surface area contributed by atoms with Gasteiger partial charge in [0.1, 0.15) is 5.69 Å². The summed E-state index contributed by atoms with van der Waals surface area (Å²) in [5, 5.41) is 22.9. The monoisotopic (exact) mass is 566 g/mol. The highest BCUT2D eigenvalue weighted by atomic mass is 16.5. The summed E-state index contributed by atoms with van der Waals surface area (Å²) < 4.78 is 1.57. The second-order valence-electron chi connectivity index (χ2n) is 10.5. The molecular weight excluding hydrogens is 532 g/mol. The Morgan fingerprint density at radius 2 is 1.71 bits per heavy atom. The van der Waals surface area contributed by atoms with Crippen LogP contribution in [-0.2, 0) is 40.3 Å². The first-order valence-corrected chi connectivity index (χ1v) is 14.1. The van der Waals surface area contributed by atoms with Crippen molar-refractivity contribution in [2.24, 2.45) is 5.92 Å². The van der Waals surface area contributed by atoms with Gasteiger partial charge in [-0.25, -0.2) is 5.48 Å². The third-order valence-electron chi connectivity index (χ3n) is 7.46. The molecule has 10 heteroatoms. The van der Waals surface area contributed by atoms with E-state index in [1.165, 1.54) is 22.3 Å². The fourth-order valence-electron chi connectivity index (χ4n) is 5.31. The number of aryl methyl sites for hydroxylation is 2. The number of hydrogen-bond acceptors (Lipinski definition) is 6. The van der Waals surface area contributed by atoms with Crippen molar-refractivity contribution in [1.82, 2.24) is 25.8 Å². The van der Waals surface area contributed by atoms with Crippen LogP contribution in [0.25, 0.3) is 11.1 Å². The summed E-state index contributed by atoms with van der Waals surface area (Å²) in [4.78, 5) is 37.2. The molecule has 216 valence electrons. The number of aromatic nitrogens is 3. The second kappa shape index (κ2) is 13.7. The lowest BCUT2D eigenvalue weighted by Gasteiger charge is -2.15. The summed E-state index contributed by atoms with van der Waals surface area (Å²) in [5.74, 6) is -1.62. The molecule has 5 rings (SSSR count). The zero-order chi connectivity index (χ0) is 29.3. The van der Waals surface area contributed by atoms with Gasteiger partial charge in [0.05, 0.1) is 19.3 Å². The first kappa shape index (κ1) is 28.7. The van der Waals surface area contributed by atoms with Crippen molar-refractivity contribution in [2.75, 3.05) is 5.32 Å². The maximum atomic E-state index is 12.9. The summed E-state index contributed by atoms with van der Waals surface area (Å²) in [5.41, 5.74) is 9.03. The van der Waals surface area contributed by atoms with Gasteiger partial charge in [0, 0.05) is 24.4 Å². The Hall–Kier alpha value is -4.83. The summed E-state index contributed by atoms with van der Waals surface area (Å²) >= 11 is 0.